The normalized spacial score (nSPS) is 23.7. The second-order valence-corrected chi connectivity index (χ2v) is 6.63. The van der Waals surface area contributed by atoms with Crippen LogP contribution in [0.5, 0.6) is 0 Å². The fraction of sp³-hybridized carbons (Fsp3) is 0.733. The van der Waals surface area contributed by atoms with Crippen molar-refractivity contribution in [2.75, 3.05) is 32.8 Å². The molecule has 21 heavy (non-hydrogen) atoms. The maximum Gasteiger partial charge on any atom is 0.251 e. The molecule has 1 aromatic heterocycles. The molecule has 1 amide bonds. The highest BCUT2D eigenvalue weighted by atomic mass is 32.1. The lowest BCUT2D eigenvalue weighted by Gasteiger charge is -2.35. The van der Waals surface area contributed by atoms with Gasteiger partial charge in [0, 0.05) is 44.7 Å². The maximum atomic E-state index is 12.3. The van der Waals surface area contributed by atoms with Crippen molar-refractivity contribution in [2.24, 2.45) is 0 Å². The van der Waals surface area contributed by atoms with Gasteiger partial charge < -0.3 is 9.64 Å². The molecule has 0 N–H and O–H groups in total. The maximum absolute atomic E-state index is 12.3. The highest BCUT2D eigenvalue weighted by Gasteiger charge is 2.30. The minimum absolute atomic E-state index is 0.179. The highest BCUT2D eigenvalue weighted by Crippen LogP contribution is 2.17. The van der Waals surface area contributed by atoms with Crippen LogP contribution in [-0.2, 0) is 22.5 Å². The highest BCUT2D eigenvalue weighted by molar-refractivity contribution is 7.09. The summed E-state index contributed by atoms with van der Waals surface area (Å²) in [6.45, 7) is 7.25. The molecular formula is C15H23N3O2S. The Hall–Kier alpha value is -0.980. The molecular weight excluding hydrogens is 286 g/mol. The summed E-state index contributed by atoms with van der Waals surface area (Å²) >= 11 is 1.74. The van der Waals surface area contributed by atoms with Gasteiger partial charge in [0.25, 0.3) is 5.91 Å². The number of rotatable bonds is 4. The number of thiazole rings is 1. The minimum Gasteiger partial charge on any atom is -0.368 e. The van der Waals surface area contributed by atoms with Crippen molar-refractivity contribution in [3.05, 3.63) is 16.1 Å². The zero-order chi connectivity index (χ0) is 14.7. The Kier molecular flexibility index (Phi) is 4.87. The van der Waals surface area contributed by atoms with E-state index in [1.165, 1.54) is 5.01 Å². The summed E-state index contributed by atoms with van der Waals surface area (Å²) in [5, 5.41) is 3.36. The van der Waals surface area contributed by atoms with Crippen LogP contribution in [0.2, 0.25) is 0 Å². The lowest BCUT2D eigenvalue weighted by Crippen LogP contribution is -2.51. The van der Waals surface area contributed by atoms with Crippen molar-refractivity contribution in [3.63, 3.8) is 0 Å². The molecule has 2 saturated heterocycles. The third kappa shape index (κ3) is 3.62. The Morgan fingerprint density at radius 1 is 1.43 bits per heavy atom. The van der Waals surface area contributed by atoms with E-state index in [9.17, 15) is 4.79 Å². The van der Waals surface area contributed by atoms with E-state index in [1.54, 1.807) is 11.3 Å². The molecule has 0 bridgehead atoms. The number of aromatic nitrogens is 1. The van der Waals surface area contributed by atoms with Crippen molar-refractivity contribution >= 4 is 17.2 Å². The molecule has 3 rings (SSSR count). The average molecular weight is 309 g/mol. The molecule has 1 unspecified atom stereocenters. The Morgan fingerprint density at radius 3 is 2.86 bits per heavy atom. The monoisotopic (exact) mass is 309 g/mol. The van der Waals surface area contributed by atoms with Crippen molar-refractivity contribution in [1.82, 2.24) is 14.8 Å². The molecule has 0 aromatic carbocycles. The zero-order valence-corrected chi connectivity index (χ0v) is 13.4. The number of hydrogen-bond donors (Lipinski definition) is 0. The van der Waals surface area contributed by atoms with Crippen molar-refractivity contribution in [3.8, 4) is 0 Å². The van der Waals surface area contributed by atoms with Gasteiger partial charge >= 0.3 is 0 Å². The Morgan fingerprint density at radius 2 is 2.24 bits per heavy atom. The molecule has 5 nitrogen and oxygen atoms in total. The molecule has 1 aromatic rings. The topological polar surface area (TPSA) is 45.7 Å². The van der Waals surface area contributed by atoms with E-state index < -0.39 is 0 Å². The number of amides is 1. The molecule has 3 heterocycles. The third-order valence-electron chi connectivity index (χ3n) is 4.18. The van der Waals surface area contributed by atoms with Gasteiger partial charge in [-0.25, -0.2) is 4.98 Å². The van der Waals surface area contributed by atoms with Crippen LogP contribution < -0.4 is 0 Å². The number of aryl methyl sites for hydroxylation is 1. The molecule has 2 aliphatic heterocycles. The van der Waals surface area contributed by atoms with Gasteiger partial charge in [0.05, 0.1) is 10.7 Å². The van der Waals surface area contributed by atoms with E-state index in [0.29, 0.717) is 0 Å². The van der Waals surface area contributed by atoms with E-state index in [-0.39, 0.29) is 12.0 Å². The molecule has 0 aliphatic carbocycles. The van der Waals surface area contributed by atoms with Crippen LogP contribution >= 0.6 is 11.3 Å². The fourth-order valence-electron chi connectivity index (χ4n) is 2.92. The van der Waals surface area contributed by atoms with Gasteiger partial charge in [-0.15, -0.1) is 11.3 Å². The van der Waals surface area contributed by atoms with E-state index in [2.05, 4.69) is 22.2 Å². The number of piperazine rings is 1. The largest absolute Gasteiger partial charge is 0.368 e. The molecule has 2 fully saturated rings. The number of carbonyl (C=O) groups is 1. The van der Waals surface area contributed by atoms with E-state index in [4.69, 9.17) is 4.74 Å². The van der Waals surface area contributed by atoms with Gasteiger partial charge in [0.1, 0.15) is 6.10 Å². The second-order valence-electron chi connectivity index (χ2n) is 5.69. The predicted octanol–water partition coefficient (Wildman–Crippen LogP) is 1.53. The first-order chi connectivity index (χ1) is 10.3. The molecule has 116 valence electrons. The predicted molar refractivity (Wildman–Crippen MR) is 82.3 cm³/mol. The Labute approximate surface area is 129 Å². The number of nitrogens with zero attached hydrogens (tertiary/aromatic N) is 3. The SMILES string of the molecule is CCc1nc(CN2CCN(C(=O)C3CCCO3)CC2)cs1. The van der Waals surface area contributed by atoms with Crippen LogP contribution in [0.1, 0.15) is 30.5 Å². The lowest BCUT2D eigenvalue weighted by molar-refractivity contribution is -0.142. The van der Waals surface area contributed by atoms with Crippen LogP contribution in [-0.4, -0.2) is 59.6 Å². The van der Waals surface area contributed by atoms with Gasteiger partial charge in [-0.2, -0.15) is 0 Å². The van der Waals surface area contributed by atoms with Crippen LogP contribution in [0.3, 0.4) is 0 Å². The summed E-state index contributed by atoms with van der Waals surface area (Å²) in [4.78, 5) is 21.2. The number of carbonyl (C=O) groups excluding carboxylic acids is 1. The summed E-state index contributed by atoms with van der Waals surface area (Å²) in [5.41, 5.74) is 1.16. The zero-order valence-electron chi connectivity index (χ0n) is 12.6. The summed E-state index contributed by atoms with van der Waals surface area (Å²) in [5.74, 6) is 0.189. The lowest BCUT2D eigenvalue weighted by atomic mass is 10.2. The number of hydrogen-bond acceptors (Lipinski definition) is 5. The summed E-state index contributed by atoms with van der Waals surface area (Å²) < 4.78 is 5.49. The first kappa shape index (κ1) is 14.9. The summed E-state index contributed by atoms with van der Waals surface area (Å²) in [6.07, 6.45) is 2.73. The molecule has 1 atom stereocenters. The number of ether oxygens (including phenoxy) is 1. The van der Waals surface area contributed by atoms with Crippen molar-refractivity contribution in [2.45, 2.75) is 38.8 Å². The van der Waals surface area contributed by atoms with Crippen molar-refractivity contribution < 1.29 is 9.53 Å². The van der Waals surface area contributed by atoms with E-state index in [1.807, 2.05) is 4.90 Å². The average Bonchev–Trinajstić information content (AvgIpc) is 3.19. The minimum atomic E-state index is -0.179. The first-order valence-electron chi connectivity index (χ1n) is 7.82. The third-order valence-corrected chi connectivity index (χ3v) is 5.22. The smallest absolute Gasteiger partial charge is 0.251 e. The standard InChI is InChI=1S/C15H23N3O2S/c1-2-14-16-12(11-21-14)10-17-5-7-18(8-6-17)15(19)13-4-3-9-20-13/h11,13H,2-10H2,1H3. The van der Waals surface area contributed by atoms with Gasteiger partial charge in [0.2, 0.25) is 0 Å². The van der Waals surface area contributed by atoms with Crippen molar-refractivity contribution in [1.29, 1.82) is 0 Å². The Bertz CT molecular complexity index is 477. The van der Waals surface area contributed by atoms with E-state index in [0.717, 1.165) is 64.3 Å². The quantitative estimate of drug-likeness (QED) is 0.846. The van der Waals surface area contributed by atoms with Gasteiger partial charge in [-0.05, 0) is 19.3 Å². The van der Waals surface area contributed by atoms with Crippen LogP contribution in [0.15, 0.2) is 5.38 Å². The second kappa shape index (κ2) is 6.85. The Balaban J connectivity index is 1.47. The van der Waals surface area contributed by atoms with Crippen LogP contribution in [0.4, 0.5) is 0 Å². The van der Waals surface area contributed by atoms with Crippen LogP contribution in [0.25, 0.3) is 0 Å². The van der Waals surface area contributed by atoms with Gasteiger partial charge in [-0.1, -0.05) is 6.92 Å². The van der Waals surface area contributed by atoms with Gasteiger partial charge in [0.15, 0.2) is 0 Å². The summed E-state index contributed by atoms with van der Waals surface area (Å²) in [6, 6.07) is 0. The molecule has 0 saturated carbocycles. The fourth-order valence-corrected chi connectivity index (χ4v) is 3.65. The summed E-state index contributed by atoms with van der Waals surface area (Å²) in [7, 11) is 0. The molecule has 6 heteroatoms. The molecule has 0 radical (unpaired) electrons. The van der Waals surface area contributed by atoms with E-state index >= 15 is 0 Å². The van der Waals surface area contributed by atoms with Crippen LogP contribution in [0, 0.1) is 0 Å². The first-order valence-corrected chi connectivity index (χ1v) is 8.70. The van der Waals surface area contributed by atoms with Gasteiger partial charge in [-0.3, -0.25) is 9.69 Å². The molecule has 2 aliphatic rings. The molecule has 0 spiro atoms.